The van der Waals surface area contributed by atoms with E-state index < -0.39 is 11.4 Å². The maximum absolute atomic E-state index is 7.54. The second kappa shape index (κ2) is 9.39. The maximum atomic E-state index is 7.54. The predicted molar refractivity (Wildman–Crippen MR) is 123 cm³/mol. The molecule has 168 valence electrons. The van der Waals surface area contributed by atoms with Crippen LogP contribution in [0, 0.1) is 0 Å². The molecule has 2 saturated heterocycles. The summed E-state index contributed by atoms with van der Waals surface area (Å²) in [6.07, 6.45) is -0.0422. The first-order valence-electron chi connectivity index (χ1n) is 11.7. The van der Waals surface area contributed by atoms with Gasteiger partial charge in [-0.25, -0.2) is 0 Å². The molecule has 0 N–H and O–H groups in total. The number of hydrogen-bond donors (Lipinski definition) is 0. The van der Waals surface area contributed by atoms with E-state index in [1.807, 2.05) is 0 Å². The fourth-order valence-corrected chi connectivity index (χ4v) is 5.05. The molecule has 5 nitrogen and oxygen atoms in total. The van der Waals surface area contributed by atoms with Crippen molar-refractivity contribution in [3.63, 3.8) is 0 Å². The Labute approximate surface area is 186 Å². The summed E-state index contributed by atoms with van der Waals surface area (Å²) in [5, 5.41) is 0. The van der Waals surface area contributed by atoms with Crippen LogP contribution < -0.4 is 0 Å². The summed E-state index contributed by atoms with van der Waals surface area (Å²) < 4.78 is 19.6. The Morgan fingerprint density at radius 3 is 1.26 bits per heavy atom. The lowest BCUT2D eigenvalue weighted by Gasteiger charge is -2.52. The third kappa shape index (κ3) is 3.94. The Kier molecular flexibility index (Phi) is 6.80. The fourth-order valence-electron chi connectivity index (χ4n) is 5.05. The standard InChI is InChI=1S/C26H36N2O3/c1-5-27(6-2)25(23-19-29-23,21-15-11-9-12-16-21)31-26(24-20-30-24,28(7-3)8-4)22-17-13-10-14-18-22/h9-18,23-24H,5-8,19-20H2,1-4H3. The number of benzene rings is 2. The van der Waals surface area contributed by atoms with Crippen molar-refractivity contribution in [1.82, 2.24) is 9.80 Å². The van der Waals surface area contributed by atoms with Gasteiger partial charge in [-0.3, -0.25) is 9.80 Å². The molecule has 0 radical (unpaired) electrons. The number of nitrogens with zero attached hydrogens (tertiary/aromatic N) is 2. The minimum Gasteiger partial charge on any atom is -0.368 e. The van der Waals surface area contributed by atoms with E-state index in [0.29, 0.717) is 13.2 Å². The molecule has 2 aliphatic rings. The summed E-state index contributed by atoms with van der Waals surface area (Å²) >= 11 is 0. The molecule has 2 fully saturated rings. The van der Waals surface area contributed by atoms with Crippen LogP contribution in [-0.2, 0) is 25.7 Å². The van der Waals surface area contributed by atoms with Crippen LogP contribution in [0.4, 0.5) is 0 Å². The summed E-state index contributed by atoms with van der Waals surface area (Å²) in [4.78, 5) is 4.81. The molecule has 0 bridgehead atoms. The lowest BCUT2D eigenvalue weighted by atomic mass is 9.92. The first-order chi connectivity index (χ1) is 15.2. The Hall–Kier alpha value is -1.76. The van der Waals surface area contributed by atoms with Crippen molar-refractivity contribution in [2.24, 2.45) is 0 Å². The van der Waals surface area contributed by atoms with E-state index in [0.717, 1.165) is 37.3 Å². The van der Waals surface area contributed by atoms with Crippen molar-refractivity contribution in [3.05, 3.63) is 71.8 Å². The third-order valence-corrected chi connectivity index (χ3v) is 6.69. The highest BCUT2D eigenvalue weighted by Gasteiger charge is 2.62. The number of hydrogen-bond acceptors (Lipinski definition) is 5. The van der Waals surface area contributed by atoms with Gasteiger partial charge in [0.25, 0.3) is 0 Å². The first-order valence-corrected chi connectivity index (χ1v) is 11.7. The molecule has 2 aromatic carbocycles. The van der Waals surface area contributed by atoms with Crippen LogP contribution in [0.1, 0.15) is 38.8 Å². The Balaban J connectivity index is 1.93. The van der Waals surface area contributed by atoms with E-state index in [9.17, 15) is 0 Å². The van der Waals surface area contributed by atoms with Crippen LogP contribution in [0.25, 0.3) is 0 Å². The van der Waals surface area contributed by atoms with E-state index >= 15 is 0 Å². The Morgan fingerprint density at radius 2 is 1.00 bits per heavy atom. The number of likely N-dealkylation sites (N-methyl/N-ethyl adjacent to an activating group) is 2. The van der Waals surface area contributed by atoms with Gasteiger partial charge in [-0.15, -0.1) is 0 Å². The van der Waals surface area contributed by atoms with Gasteiger partial charge in [-0.1, -0.05) is 88.4 Å². The van der Waals surface area contributed by atoms with Gasteiger partial charge in [0.15, 0.2) is 11.4 Å². The average Bonchev–Trinajstić information content (AvgIpc) is 3.73. The van der Waals surface area contributed by atoms with Crippen LogP contribution in [0.3, 0.4) is 0 Å². The maximum Gasteiger partial charge on any atom is 0.179 e. The molecule has 5 heteroatoms. The van der Waals surface area contributed by atoms with Gasteiger partial charge in [0.05, 0.1) is 13.2 Å². The van der Waals surface area contributed by atoms with Crippen molar-refractivity contribution in [1.29, 1.82) is 0 Å². The predicted octanol–water partition coefficient (Wildman–Crippen LogP) is 4.19. The molecule has 0 aromatic heterocycles. The van der Waals surface area contributed by atoms with E-state index in [-0.39, 0.29) is 12.2 Å². The summed E-state index contributed by atoms with van der Waals surface area (Å²) in [6.45, 7) is 13.6. The summed E-state index contributed by atoms with van der Waals surface area (Å²) in [6, 6.07) is 21.2. The first kappa shape index (κ1) is 22.4. The normalized spacial score (nSPS) is 24.1. The van der Waals surface area contributed by atoms with Crippen molar-refractivity contribution in [2.45, 2.75) is 51.4 Å². The van der Waals surface area contributed by atoms with E-state index in [1.165, 1.54) is 0 Å². The molecular weight excluding hydrogens is 388 g/mol. The highest BCUT2D eigenvalue weighted by molar-refractivity contribution is 5.30. The third-order valence-electron chi connectivity index (χ3n) is 6.69. The second-order valence-electron chi connectivity index (χ2n) is 8.22. The van der Waals surface area contributed by atoms with Crippen LogP contribution in [-0.4, -0.2) is 61.4 Å². The lowest BCUT2D eigenvalue weighted by Crippen LogP contribution is -2.62. The number of ether oxygens (including phenoxy) is 3. The quantitative estimate of drug-likeness (QED) is 0.377. The molecule has 4 unspecified atom stereocenters. The van der Waals surface area contributed by atoms with Gasteiger partial charge < -0.3 is 14.2 Å². The molecule has 4 rings (SSSR count). The zero-order chi connectivity index (χ0) is 21.9. The van der Waals surface area contributed by atoms with Gasteiger partial charge in [-0.05, 0) is 26.2 Å². The van der Waals surface area contributed by atoms with Gasteiger partial charge in [0.1, 0.15) is 12.2 Å². The van der Waals surface area contributed by atoms with Gasteiger partial charge >= 0.3 is 0 Å². The zero-order valence-electron chi connectivity index (χ0n) is 19.3. The van der Waals surface area contributed by atoms with E-state index in [2.05, 4.69) is 98.2 Å². The smallest absolute Gasteiger partial charge is 0.179 e. The SMILES string of the molecule is CCN(CC)C(OC(c1ccccc1)(C1CO1)N(CC)CC)(c1ccccc1)C1CO1. The molecule has 0 amide bonds. The topological polar surface area (TPSA) is 40.8 Å². The molecule has 31 heavy (non-hydrogen) atoms. The highest BCUT2D eigenvalue weighted by atomic mass is 16.7. The van der Waals surface area contributed by atoms with Gasteiger partial charge in [0, 0.05) is 11.1 Å². The molecule has 0 aliphatic carbocycles. The molecule has 0 saturated carbocycles. The largest absolute Gasteiger partial charge is 0.368 e. The lowest BCUT2D eigenvalue weighted by molar-refractivity contribution is -0.304. The molecule has 4 atom stereocenters. The second-order valence-corrected chi connectivity index (χ2v) is 8.22. The summed E-state index contributed by atoms with van der Waals surface area (Å²) in [5.41, 5.74) is 0.869. The minimum absolute atomic E-state index is 0.0211. The molecule has 2 heterocycles. The van der Waals surface area contributed by atoms with Crippen molar-refractivity contribution in [2.75, 3.05) is 39.4 Å². The van der Waals surface area contributed by atoms with Crippen molar-refractivity contribution < 1.29 is 14.2 Å². The fraction of sp³-hybridized carbons (Fsp3) is 0.538. The molecule has 0 spiro atoms. The van der Waals surface area contributed by atoms with E-state index in [1.54, 1.807) is 0 Å². The molecule has 2 aromatic rings. The van der Waals surface area contributed by atoms with Crippen molar-refractivity contribution >= 4 is 0 Å². The highest BCUT2D eigenvalue weighted by Crippen LogP contribution is 2.51. The monoisotopic (exact) mass is 424 g/mol. The summed E-state index contributed by atoms with van der Waals surface area (Å²) in [5.74, 6) is 0. The van der Waals surface area contributed by atoms with Gasteiger partial charge in [-0.2, -0.15) is 0 Å². The van der Waals surface area contributed by atoms with Crippen LogP contribution in [0.2, 0.25) is 0 Å². The van der Waals surface area contributed by atoms with Gasteiger partial charge in [0.2, 0.25) is 0 Å². The van der Waals surface area contributed by atoms with Crippen LogP contribution in [0.5, 0.6) is 0 Å². The Morgan fingerprint density at radius 1 is 0.677 bits per heavy atom. The van der Waals surface area contributed by atoms with Crippen LogP contribution >= 0.6 is 0 Å². The summed E-state index contributed by atoms with van der Waals surface area (Å²) in [7, 11) is 0. The number of epoxide rings is 2. The molecular formula is C26H36N2O3. The molecule has 2 aliphatic heterocycles. The Bertz CT molecular complexity index is 748. The minimum atomic E-state index is -0.699. The van der Waals surface area contributed by atoms with Crippen LogP contribution in [0.15, 0.2) is 60.7 Å². The van der Waals surface area contributed by atoms with E-state index in [4.69, 9.17) is 14.2 Å². The van der Waals surface area contributed by atoms with Crippen molar-refractivity contribution in [3.8, 4) is 0 Å². The zero-order valence-corrected chi connectivity index (χ0v) is 19.3. The number of rotatable bonds is 12. The average molecular weight is 425 g/mol.